The molecule has 1 atom stereocenters. The molecule has 4 heteroatoms. The third-order valence-electron chi connectivity index (χ3n) is 3.40. The molecule has 0 spiro atoms. The Morgan fingerprint density at radius 1 is 1.65 bits per heavy atom. The number of nitrogen functional groups attached to an aromatic ring is 1. The number of piperidine rings is 1. The number of rotatable bonds is 2. The van der Waals surface area contributed by atoms with Crippen LogP contribution in [0.25, 0.3) is 0 Å². The average molecular weight is 230 g/mol. The van der Waals surface area contributed by atoms with Gasteiger partial charge in [-0.05, 0) is 24.8 Å². The van der Waals surface area contributed by atoms with Crippen LogP contribution in [-0.2, 0) is 0 Å². The smallest absolute Gasteiger partial charge is 0.146 e. The Morgan fingerprint density at radius 3 is 3.18 bits per heavy atom. The quantitative estimate of drug-likeness (QED) is 0.845. The fourth-order valence-corrected chi connectivity index (χ4v) is 2.40. The highest BCUT2D eigenvalue weighted by molar-refractivity contribution is 5.59. The van der Waals surface area contributed by atoms with Gasteiger partial charge in [0.05, 0.1) is 17.4 Å². The highest BCUT2D eigenvalue weighted by atomic mass is 15.2. The maximum absolute atomic E-state index is 9.12. The Bertz CT molecular complexity index is 436. The molecule has 1 saturated heterocycles. The van der Waals surface area contributed by atoms with Crippen LogP contribution in [0.2, 0.25) is 0 Å². The Kier molecular flexibility index (Phi) is 3.48. The highest BCUT2D eigenvalue weighted by Gasteiger charge is 2.21. The molecule has 0 bridgehead atoms. The Morgan fingerprint density at radius 2 is 2.47 bits per heavy atom. The van der Waals surface area contributed by atoms with Gasteiger partial charge in [0.15, 0.2) is 0 Å². The second-order valence-corrected chi connectivity index (χ2v) is 4.61. The fourth-order valence-electron chi connectivity index (χ4n) is 2.40. The van der Waals surface area contributed by atoms with Crippen molar-refractivity contribution in [3.05, 3.63) is 17.8 Å². The minimum atomic E-state index is 0.550. The van der Waals surface area contributed by atoms with Crippen molar-refractivity contribution in [3.8, 4) is 6.07 Å². The molecule has 0 saturated carbocycles. The normalized spacial score (nSPS) is 20.0. The third kappa shape index (κ3) is 2.50. The second kappa shape index (κ2) is 5.05. The minimum absolute atomic E-state index is 0.550. The van der Waals surface area contributed by atoms with E-state index < -0.39 is 0 Å². The van der Waals surface area contributed by atoms with Gasteiger partial charge in [-0.25, -0.2) is 4.98 Å². The van der Waals surface area contributed by atoms with Gasteiger partial charge in [0.1, 0.15) is 11.9 Å². The second-order valence-electron chi connectivity index (χ2n) is 4.61. The summed E-state index contributed by atoms with van der Waals surface area (Å²) in [6.45, 7) is 4.21. The van der Waals surface area contributed by atoms with Crippen LogP contribution in [0.15, 0.2) is 12.3 Å². The predicted octanol–water partition coefficient (Wildman–Crippen LogP) is 2.16. The summed E-state index contributed by atoms with van der Waals surface area (Å²) in [5, 5.41) is 9.12. The van der Waals surface area contributed by atoms with E-state index in [9.17, 15) is 0 Å². The van der Waals surface area contributed by atoms with Crippen LogP contribution in [0.4, 0.5) is 11.5 Å². The number of nitrogens with two attached hydrogens (primary N) is 1. The molecule has 4 nitrogen and oxygen atoms in total. The van der Waals surface area contributed by atoms with Gasteiger partial charge < -0.3 is 10.6 Å². The largest absolute Gasteiger partial charge is 0.397 e. The Labute approximate surface area is 102 Å². The van der Waals surface area contributed by atoms with Gasteiger partial charge in [-0.15, -0.1) is 0 Å². The number of hydrogen-bond acceptors (Lipinski definition) is 4. The number of pyridine rings is 1. The first-order valence-electron chi connectivity index (χ1n) is 6.15. The summed E-state index contributed by atoms with van der Waals surface area (Å²) >= 11 is 0. The van der Waals surface area contributed by atoms with E-state index in [-0.39, 0.29) is 0 Å². The lowest BCUT2D eigenvalue weighted by Crippen LogP contribution is -2.36. The zero-order valence-corrected chi connectivity index (χ0v) is 10.2. The molecule has 0 aromatic carbocycles. The Hall–Kier alpha value is -1.76. The molecule has 1 aromatic rings. The van der Waals surface area contributed by atoms with Crippen molar-refractivity contribution < 1.29 is 0 Å². The van der Waals surface area contributed by atoms with Crippen molar-refractivity contribution in [2.45, 2.75) is 26.2 Å². The molecule has 1 aliphatic rings. The summed E-state index contributed by atoms with van der Waals surface area (Å²) in [5.74, 6) is 1.51. The van der Waals surface area contributed by atoms with Crippen molar-refractivity contribution in [1.82, 2.24) is 4.98 Å². The predicted molar refractivity (Wildman–Crippen MR) is 68.6 cm³/mol. The molecule has 1 unspecified atom stereocenters. The van der Waals surface area contributed by atoms with E-state index in [1.807, 2.05) is 0 Å². The van der Waals surface area contributed by atoms with E-state index >= 15 is 0 Å². The number of aromatic nitrogens is 1. The van der Waals surface area contributed by atoms with Crippen molar-refractivity contribution in [2.24, 2.45) is 5.92 Å². The van der Waals surface area contributed by atoms with E-state index in [4.69, 9.17) is 11.0 Å². The molecular formula is C13H18N4. The molecule has 90 valence electrons. The number of nitriles is 1. The standard InChI is InChI=1S/C13H18N4/c1-2-10-4-3-5-17(9-10)13-11(7-14)6-12(15)8-16-13/h6,8,10H,2-5,9,15H2,1H3. The molecule has 2 N–H and O–H groups in total. The third-order valence-corrected chi connectivity index (χ3v) is 3.40. The summed E-state index contributed by atoms with van der Waals surface area (Å²) in [4.78, 5) is 6.54. The molecule has 0 aliphatic carbocycles. The topological polar surface area (TPSA) is 65.9 Å². The van der Waals surface area contributed by atoms with Gasteiger partial charge in [-0.2, -0.15) is 5.26 Å². The number of anilines is 2. The van der Waals surface area contributed by atoms with Crippen molar-refractivity contribution in [2.75, 3.05) is 23.7 Å². The lowest BCUT2D eigenvalue weighted by atomic mass is 9.95. The SMILES string of the molecule is CCC1CCCN(c2ncc(N)cc2C#N)C1. The summed E-state index contributed by atoms with van der Waals surface area (Å²) in [6.07, 6.45) is 5.28. The van der Waals surface area contributed by atoms with Crippen LogP contribution in [0, 0.1) is 17.2 Å². The molecule has 2 heterocycles. The first-order chi connectivity index (χ1) is 8.24. The van der Waals surface area contributed by atoms with Gasteiger partial charge in [-0.3, -0.25) is 0 Å². The van der Waals surface area contributed by atoms with Crippen molar-refractivity contribution in [1.29, 1.82) is 5.26 Å². The molecule has 0 amide bonds. The maximum Gasteiger partial charge on any atom is 0.146 e. The van der Waals surface area contributed by atoms with Gasteiger partial charge in [0.25, 0.3) is 0 Å². The Balaban J connectivity index is 2.24. The first kappa shape index (κ1) is 11.7. The molecule has 0 radical (unpaired) electrons. The molecule has 1 aliphatic heterocycles. The van der Waals surface area contributed by atoms with E-state index in [1.165, 1.54) is 19.3 Å². The number of nitrogens with zero attached hydrogens (tertiary/aromatic N) is 3. The van der Waals surface area contributed by atoms with Crippen LogP contribution in [0.3, 0.4) is 0 Å². The molecule has 2 rings (SSSR count). The van der Waals surface area contributed by atoms with Crippen LogP contribution in [0.5, 0.6) is 0 Å². The van der Waals surface area contributed by atoms with Crippen LogP contribution >= 0.6 is 0 Å². The van der Waals surface area contributed by atoms with E-state index in [0.29, 0.717) is 11.3 Å². The van der Waals surface area contributed by atoms with E-state index in [0.717, 1.165) is 24.8 Å². The van der Waals surface area contributed by atoms with Gasteiger partial charge in [-0.1, -0.05) is 13.3 Å². The minimum Gasteiger partial charge on any atom is -0.397 e. The summed E-state index contributed by atoms with van der Waals surface area (Å²) in [6, 6.07) is 3.89. The lowest BCUT2D eigenvalue weighted by Gasteiger charge is -2.33. The first-order valence-corrected chi connectivity index (χ1v) is 6.15. The van der Waals surface area contributed by atoms with Crippen LogP contribution in [-0.4, -0.2) is 18.1 Å². The highest BCUT2D eigenvalue weighted by Crippen LogP contribution is 2.26. The van der Waals surface area contributed by atoms with Gasteiger partial charge in [0.2, 0.25) is 0 Å². The zero-order valence-electron chi connectivity index (χ0n) is 10.2. The summed E-state index contributed by atoms with van der Waals surface area (Å²) in [5.41, 5.74) is 6.79. The lowest BCUT2D eigenvalue weighted by molar-refractivity contribution is 0.403. The molecule has 17 heavy (non-hydrogen) atoms. The number of hydrogen-bond donors (Lipinski definition) is 1. The average Bonchev–Trinajstić information content (AvgIpc) is 2.38. The van der Waals surface area contributed by atoms with E-state index in [1.54, 1.807) is 12.3 Å². The zero-order chi connectivity index (χ0) is 12.3. The maximum atomic E-state index is 9.12. The molecular weight excluding hydrogens is 212 g/mol. The van der Waals surface area contributed by atoms with E-state index in [2.05, 4.69) is 22.9 Å². The summed E-state index contributed by atoms with van der Waals surface area (Å²) < 4.78 is 0. The fraction of sp³-hybridized carbons (Fsp3) is 0.538. The molecule has 1 aromatic heterocycles. The summed E-state index contributed by atoms with van der Waals surface area (Å²) in [7, 11) is 0. The monoisotopic (exact) mass is 230 g/mol. The van der Waals surface area contributed by atoms with Crippen LogP contribution in [0.1, 0.15) is 31.7 Å². The van der Waals surface area contributed by atoms with Crippen LogP contribution < -0.4 is 10.6 Å². The molecule has 1 fully saturated rings. The van der Waals surface area contributed by atoms with Gasteiger partial charge >= 0.3 is 0 Å². The van der Waals surface area contributed by atoms with Crippen molar-refractivity contribution >= 4 is 11.5 Å². The van der Waals surface area contributed by atoms with Crippen molar-refractivity contribution in [3.63, 3.8) is 0 Å². The van der Waals surface area contributed by atoms with Gasteiger partial charge in [0, 0.05) is 13.1 Å².